The molecule has 0 aliphatic heterocycles. The highest BCUT2D eigenvalue weighted by atomic mass is 16.2. The van der Waals surface area contributed by atoms with E-state index in [4.69, 9.17) is 5.73 Å². The molecule has 0 aromatic carbocycles. The quantitative estimate of drug-likeness (QED) is 0.720. The van der Waals surface area contributed by atoms with Gasteiger partial charge in [0.05, 0.1) is 6.04 Å². The molecule has 0 aromatic heterocycles. The second-order valence-corrected chi connectivity index (χ2v) is 5.81. The molecular weight excluding hydrogens is 212 g/mol. The highest BCUT2D eigenvalue weighted by molar-refractivity contribution is 5.81. The topological polar surface area (TPSA) is 55.1 Å². The van der Waals surface area contributed by atoms with E-state index in [9.17, 15) is 4.79 Å². The molecular formula is C14H30N2O. The number of nitrogens with one attached hydrogen (secondary N) is 1. The van der Waals surface area contributed by atoms with E-state index in [2.05, 4.69) is 39.9 Å². The Morgan fingerprint density at radius 2 is 1.59 bits per heavy atom. The maximum absolute atomic E-state index is 11.9. The highest BCUT2D eigenvalue weighted by Crippen LogP contribution is 2.19. The predicted molar refractivity (Wildman–Crippen MR) is 73.6 cm³/mol. The van der Waals surface area contributed by atoms with Crippen molar-refractivity contribution in [2.75, 3.05) is 6.54 Å². The molecule has 3 nitrogen and oxygen atoms in total. The first-order chi connectivity index (χ1) is 7.81. The number of carbonyl (C=O) groups is 1. The molecule has 0 aromatic rings. The fourth-order valence-electron chi connectivity index (χ4n) is 2.09. The Hall–Kier alpha value is -0.570. The molecule has 0 heterocycles. The van der Waals surface area contributed by atoms with Crippen molar-refractivity contribution in [2.45, 2.75) is 54.0 Å². The van der Waals surface area contributed by atoms with E-state index < -0.39 is 0 Å². The van der Waals surface area contributed by atoms with Crippen LogP contribution >= 0.6 is 0 Å². The van der Waals surface area contributed by atoms with Crippen LogP contribution in [0.25, 0.3) is 0 Å². The van der Waals surface area contributed by atoms with Gasteiger partial charge >= 0.3 is 0 Å². The summed E-state index contributed by atoms with van der Waals surface area (Å²) >= 11 is 0. The number of hydrogen-bond donors (Lipinski definition) is 2. The van der Waals surface area contributed by atoms with Gasteiger partial charge in [0.2, 0.25) is 5.91 Å². The summed E-state index contributed by atoms with van der Waals surface area (Å²) in [5.41, 5.74) is 5.90. The van der Waals surface area contributed by atoms with Gasteiger partial charge in [0.15, 0.2) is 0 Å². The maximum Gasteiger partial charge on any atom is 0.237 e. The van der Waals surface area contributed by atoms with Crippen molar-refractivity contribution >= 4 is 5.91 Å². The number of amides is 1. The number of nitrogens with two attached hydrogens (primary N) is 1. The minimum Gasteiger partial charge on any atom is -0.354 e. The summed E-state index contributed by atoms with van der Waals surface area (Å²) in [4.78, 5) is 11.9. The molecule has 0 radical (unpaired) electrons. The second kappa shape index (κ2) is 7.70. The van der Waals surface area contributed by atoms with Crippen LogP contribution in [-0.4, -0.2) is 18.5 Å². The van der Waals surface area contributed by atoms with Crippen molar-refractivity contribution in [3.63, 3.8) is 0 Å². The Morgan fingerprint density at radius 1 is 1.12 bits per heavy atom. The van der Waals surface area contributed by atoms with Gasteiger partial charge in [0.25, 0.3) is 0 Å². The van der Waals surface area contributed by atoms with Crippen LogP contribution < -0.4 is 11.1 Å². The van der Waals surface area contributed by atoms with E-state index >= 15 is 0 Å². The van der Waals surface area contributed by atoms with Crippen molar-refractivity contribution < 1.29 is 4.79 Å². The lowest BCUT2D eigenvalue weighted by atomic mass is 9.85. The summed E-state index contributed by atoms with van der Waals surface area (Å²) in [6.07, 6.45) is 0.937. The molecule has 0 aliphatic rings. The molecule has 17 heavy (non-hydrogen) atoms. The lowest BCUT2D eigenvalue weighted by molar-refractivity contribution is -0.123. The van der Waals surface area contributed by atoms with Crippen molar-refractivity contribution in [1.82, 2.24) is 5.32 Å². The Kier molecular flexibility index (Phi) is 7.44. The molecule has 0 fully saturated rings. The van der Waals surface area contributed by atoms with Crippen molar-refractivity contribution in [3.8, 4) is 0 Å². The molecule has 0 aliphatic carbocycles. The van der Waals surface area contributed by atoms with Crippen LogP contribution in [0.1, 0.15) is 48.0 Å². The van der Waals surface area contributed by atoms with Crippen LogP contribution in [-0.2, 0) is 4.79 Å². The summed E-state index contributed by atoms with van der Waals surface area (Å²) in [5, 5.41) is 3.00. The molecule has 0 spiro atoms. The summed E-state index contributed by atoms with van der Waals surface area (Å²) in [6, 6.07) is -0.375. The molecule has 3 N–H and O–H groups in total. The van der Waals surface area contributed by atoms with Gasteiger partial charge < -0.3 is 11.1 Å². The molecule has 102 valence electrons. The van der Waals surface area contributed by atoms with Crippen molar-refractivity contribution in [1.29, 1.82) is 0 Å². The van der Waals surface area contributed by atoms with Crippen LogP contribution in [0.2, 0.25) is 0 Å². The zero-order valence-corrected chi connectivity index (χ0v) is 12.3. The fourth-order valence-corrected chi connectivity index (χ4v) is 2.09. The Bertz CT molecular complexity index is 218. The van der Waals surface area contributed by atoms with E-state index in [1.165, 1.54) is 0 Å². The van der Waals surface area contributed by atoms with E-state index in [0.717, 1.165) is 13.0 Å². The standard InChI is InChI=1S/C14H30N2O/c1-7-11(6)13(15)14(17)16-8-12(9(2)3)10(4)5/h9-13H,7-8,15H2,1-6H3,(H,16,17)/t11-,13-/m0/s1. The van der Waals surface area contributed by atoms with Gasteiger partial charge in [0.1, 0.15) is 0 Å². The summed E-state index contributed by atoms with van der Waals surface area (Å²) in [5.74, 6) is 1.91. The third-order valence-electron chi connectivity index (χ3n) is 3.78. The molecule has 0 rings (SSSR count). The van der Waals surface area contributed by atoms with Crippen LogP contribution in [0.4, 0.5) is 0 Å². The molecule has 1 amide bonds. The smallest absolute Gasteiger partial charge is 0.237 e. The largest absolute Gasteiger partial charge is 0.354 e. The summed E-state index contributed by atoms with van der Waals surface area (Å²) in [7, 11) is 0. The first-order valence-electron chi connectivity index (χ1n) is 6.84. The van der Waals surface area contributed by atoms with Crippen LogP contribution in [0, 0.1) is 23.7 Å². The van der Waals surface area contributed by atoms with Gasteiger partial charge in [-0.3, -0.25) is 4.79 Å². The third kappa shape index (κ3) is 5.53. The molecule has 0 saturated heterocycles. The van der Waals surface area contributed by atoms with E-state index in [1.54, 1.807) is 0 Å². The normalized spacial score (nSPS) is 15.4. The van der Waals surface area contributed by atoms with E-state index in [-0.39, 0.29) is 17.9 Å². The van der Waals surface area contributed by atoms with E-state index in [1.807, 2.05) is 6.92 Å². The monoisotopic (exact) mass is 242 g/mol. The third-order valence-corrected chi connectivity index (χ3v) is 3.78. The molecule has 2 atom stereocenters. The molecule has 0 bridgehead atoms. The van der Waals surface area contributed by atoms with E-state index in [0.29, 0.717) is 17.8 Å². The lowest BCUT2D eigenvalue weighted by Gasteiger charge is -2.26. The van der Waals surface area contributed by atoms with Gasteiger partial charge in [-0.05, 0) is 23.7 Å². The molecule has 0 unspecified atom stereocenters. The Labute approximate surface area is 107 Å². The maximum atomic E-state index is 11.9. The molecule has 3 heteroatoms. The van der Waals surface area contributed by atoms with Crippen molar-refractivity contribution in [3.05, 3.63) is 0 Å². The average molecular weight is 242 g/mol. The first-order valence-corrected chi connectivity index (χ1v) is 6.84. The summed E-state index contributed by atoms with van der Waals surface area (Å²) in [6.45, 7) is 13.6. The Balaban J connectivity index is 4.22. The van der Waals surface area contributed by atoms with Gasteiger partial charge in [-0.25, -0.2) is 0 Å². The SMILES string of the molecule is CC[C@H](C)[C@H](N)C(=O)NCC(C(C)C)C(C)C. The van der Waals surface area contributed by atoms with Gasteiger partial charge in [0, 0.05) is 6.54 Å². The van der Waals surface area contributed by atoms with Gasteiger partial charge in [-0.1, -0.05) is 48.0 Å². The molecule has 0 saturated carbocycles. The number of rotatable bonds is 7. The van der Waals surface area contributed by atoms with Crippen molar-refractivity contribution in [2.24, 2.45) is 29.4 Å². The Morgan fingerprint density at radius 3 is 1.94 bits per heavy atom. The second-order valence-electron chi connectivity index (χ2n) is 5.81. The fraction of sp³-hybridized carbons (Fsp3) is 0.929. The number of hydrogen-bond acceptors (Lipinski definition) is 2. The van der Waals surface area contributed by atoms with Gasteiger partial charge in [-0.15, -0.1) is 0 Å². The zero-order valence-electron chi connectivity index (χ0n) is 12.3. The first kappa shape index (κ1) is 16.4. The zero-order chi connectivity index (χ0) is 13.6. The minimum atomic E-state index is -0.375. The number of carbonyl (C=O) groups excluding carboxylic acids is 1. The average Bonchev–Trinajstić information content (AvgIpc) is 2.25. The minimum absolute atomic E-state index is 0.00866. The summed E-state index contributed by atoms with van der Waals surface area (Å²) < 4.78 is 0. The van der Waals surface area contributed by atoms with Crippen LogP contribution in [0.5, 0.6) is 0 Å². The van der Waals surface area contributed by atoms with Crippen LogP contribution in [0.15, 0.2) is 0 Å². The predicted octanol–water partition coefficient (Wildman–Crippen LogP) is 2.40. The van der Waals surface area contributed by atoms with Gasteiger partial charge in [-0.2, -0.15) is 0 Å². The lowest BCUT2D eigenvalue weighted by Crippen LogP contribution is -2.46. The highest BCUT2D eigenvalue weighted by Gasteiger charge is 2.22. The van der Waals surface area contributed by atoms with Crippen LogP contribution in [0.3, 0.4) is 0 Å².